The predicted octanol–water partition coefficient (Wildman–Crippen LogP) is 4.67. The molecule has 0 radical (unpaired) electrons. The van der Waals surface area contributed by atoms with Crippen LogP contribution in [-0.2, 0) is 30.2 Å². The molecule has 0 aliphatic heterocycles. The molecule has 0 saturated carbocycles. The van der Waals surface area contributed by atoms with Crippen LogP contribution < -0.4 is 27.4 Å². The van der Waals surface area contributed by atoms with Crippen LogP contribution in [0.4, 0.5) is 19.2 Å². The normalized spacial score (nSPS) is 14.4. The van der Waals surface area contributed by atoms with Gasteiger partial charge in [-0.05, 0) is 59.9 Å². The number of rotatable bonds is 15. The van der Waals surface area contributed by atoms with E-state index >= 15 is 0 Å². The van der Waals surface area contributed by atoms with Gasteiger partial charge in [0.2, 0.25) is 5.91 Å². The molecule has 0 fully saturated rings. The van der Waals surface area contributed by atoms with Crippen LogP contribution in [0.25, 0.3) is 0 Å². The molecule has 1 aromatic carbocycles. The maximum absolute atomic E-state index is 13.2. The van der Waals surface area contributed by atoms with Crippen molar-refractivity contribution in [3.8, 4) is 0 Å². The summed E-state index contributed by atoms with van der Waals surface area (Å²) in [6, 6.07) is 8.68. The van der Waals surface area contributed by atoms with Gasteiger partial charge < -0.3 is 46.4 Å². The highest BCUT2D eigenvalue weighted by molar-refractivity contribution is 5.77. The van der Waals surface area contributed by atoms with Gasteiger partial charge in [-0.15, -0.1) is 0 Å². The Balaban J connectivity index is 3.09. The summed E-state index contributed by atoms with van der Waals surface area (Å²) in [6.07, 6.45) is -3.83. The average molecular weight is 666 g/mol. The first kappa shape index (κ1) is 40.8. The van der Waals surface area contributed by atoms with Gasteiger partial charge in [-0.2, -0.15) is 0 Å². The number of alkyl carbamates (subject to hydrolysis) is 2. The van der Waals surface area contributed by atoms with Crippen molar-refractivity contribution in [1.82, 2.24) is 16.0 Å². The van der Waals surface area contributed by atoms with E-state index in [9.17, 15) is 24.0 Å². The van der Waals surface area contributed by atoms with Crippen LogP contribution in [0.5, 0.6) is 0 Å². The van der Waals surface area contributed by atoms with E-state index in [0.717, 1.165) is 5.56 Å². The van der Waals surface area contributed by atoms with Crippen molar-refractivity contribution in [3.05, 3.63) is 35.9 Å². The molecule has 266 valence electrons. The summed E-state index contributed by atoms with van der Waals surface area (Å²) in [6.45, 7) is 16.3. The van der Waals surface area contributed by atoms with Gasteiger partial charge in [0.05, 0.1) is 6.42 Å². The summed E-state index contributed by atoms with van der Waals surface area (Å²) >= 11 is 0. The molecule has 0 saturated heterocycles. The van der Waals surface area contributed by atoms with E-state index in [1.807, 2.05) is 51.1 Å². The molecule has 5 amide bonds. The van der Waals surface area contributed by atoms with Crippen LogP contribution in [0.1, 0.15) is 93.6 Å². The molecule has 0 heterocycles. The fraction of sp³-hybridized carbons (Fsp3) is 0.667. The number of hydrogen-bond acceptors (Lipinski definition) is 9. The summed E-state index contributed by atoms with van der Waals surface area (Å²) in [4.78, 5) is 61.8. The Labute approximate surface area is 278 Å². The molecule has 0 aromatic heterocycles. The van der Waals surface area contributed by atoms with Gasteiger partial charge in [-0.1, -0.05) is 51.1 Å². The highest BCUT2D eigenvalue weighted by atomic mass is 16.6. The van der Waals surface area contributed by atoms with Crippen LogP contribution in [-0.4, -0.2) is 72.3 Å². The highest BCUT2D eigenvalue weighted by Crippen LogP contribution is 2.41. The summed E-state index contributed by atoms with van der Waals surface area (Å²) in [5.74, 6) is -0.513. The van der Waals surface area contributed by atoms with Crippen LogP contribution in [0, 0.1) is 5.41 Å². The molecular weight excluding hydrogens is 610 g/mol. The van der Waals surface area contributed by atoms with Gasteiger partial charge in [0.15, 0.2) is 0 Å². The number of ether oxygens (including phenoxy) is 4. The van der Waals surface area contributed by atoms with Crippen LogP contribution in [0.2, 0.25) is 0 Å². The molecule has 14 heteroatoms. The number of nitrogens with two attached hydrogens (primary N) is 2. The van der Waals surface area contributed by atoms with E-state index in [2.05, 4.69) is 16.0 Å². The summed E-state index contributed by atoms with van der Waals surface area (Å²) in [5, 5.41) is 8.18. The predicted molar refractivity (Wildman–Crippen MR) is 176 cm³/mol. The number of carbonyl (C=O) groups is 5. The average Bonchev–Trinajstić information content (AvgIpc) is 2.86. The first-order chi connectivity index (χ1) is 21.5. The minimum atomic E-state index is -1.29. The first-order valence-corrected chi connectivity index (χ1v) is 15.7. The van der Waals surface area contributed by atoms with E-state index < -0.39 is 64.6 Å². The lowest BCUT2D eigenvalue weighted by Gasteiger charge is -2.45. The lowest BCUT2D eigenvalue weighted by Crippen LogP contribution is -2.53. The number of carbonyl (C=O) groups excluding carboxylic acids is 5. The summed E-state index contributed by atoms with van der Waals surface area (Å²) in [5.41, 5.74) is 8.32. The second-order valence-corrected chi connectivity index (χ2v) is 14.5. The van der Waals surface area contributed by atoms with Gasteiger partial charge in [0.1, 0.15) is 22.9 Å². The van der Waals surface area contributed by atoms with Crippen LogP contribution in [0.15, 0.2) is 30.3 Å². The Bertz CT molecular complexity index is 1190. The molecule has 0 aliphatic carbocycles. The van der Waals surface area contributed by atoms with Crippen molar-refractivity contribution >= 4 is 30.3 Å². The first-order valence-electron chi connectivity index (χ1n) is 15.7. The second kappa shape index (κ2) is 17.6. The standard InChI is InChI=1S/C33H55N5O9/c1-30(2,3)33(45-27(35)41,19-22-14-11-10-12-15-22)20-24(44-26(34)40)18-25(39)37-21-23(38-29(43)47-32(7,8)9)16-13-17-36-28(42)46-31(4,5)6/h10-12,14-15,23-24H,13,16-21H2,1-9H3,(H2,34,40)(H2,35,41)(H,36,42)(H,37,39)(H,38,43)/t23-,24?,33?/m0/s1. The van der Waals surface area contributed by atoms with Crippen molar-refractivity contribution in [1.29, 1.82) is 0 Å². The molecule has 1 aromatic rings. The molecule has 0 spiro atoms. The Hall–Kier alpha value is -4.23. The lowest BCUT2D eigenvalue weighted by atomic mass is 9.69. The van der Waals surface area contributed by atoms with E-state index in [4.69, 9.17) is 30.4 Å². The number of amides is 5. The smallest absolute Gasteiger partial charge is 0.407 e. The van der Waals surface area contributed by atoms with Crippen LogP contribution >= 0.6 is 0 Å². The van der Waals surface area contributed by atoms with Crippen molar-refractivity contribution in [2.45, 2.75) is 123 Å². The maximum atomic E-state index is 13.2. The molecular formula is C33H55N5O9. The molecule has 14 nitrogen and oxygen atoms in total. The SMILES string of the molecule is CC(C)(C)OC(=O)NCCC[C@@H](CNC(=O)CC(CC(Cc1ccccc1)(OC(N)=O)C(C)(C)C)OC(N)=O)NC(=O)OC(C)(C)C. The minimum absolute atomic E-state index is 0.0000200. The molecule has 47 heavy (non-hydrogen) atoms. The van der Waals surface area contributed by atoms with E-state index in [1.165, 1.54) is 0 Å². The third-order valence-electron chi connectivity index (χ3n) is 6.91. The largest absolute Gasteiger partial charge is 0.446 e. The Morgan fingerprint density at radius 3 is 1.85 bits per heavy atom. The maximum Gasteiger partial charge on any atom is 0.407 e. The van der Waals surface area contributed by atoms with Gasteiger partial charge in [-0.25, -0.2) is 19.2 Å². The van der Waals surface area contributed by atoms with E-state index in [0.29, 0.717) is 12.8 Å². The third-order valence-corrected chi connectivity index (χ3v) is 6.91. The molecule has 0 aliphatic rings. The van der Waals surface area contributed by atoms with Crippen molar-refractivity contribution < 1.29 is 42.9 Å². The van der Waals surface area contributed by atoms with Gasteiger partial charge in [0, 0.05) is 37.4 Å². The fourth-order valence-electron chi connectivity index (χ4n) is 4.75. The molecule has 2 unspecified atom stereocenters. The summed E-state index contributed by atoms with van der Waals surface area (Å²) in [7, 11) is 0. The van der Waals surface area contributed by atoms with E-state index in [1.54, 1.807) is 41.5 Å². The number of primary amides is 2. The molecule has 1 rings (SSSR count). The monoisotopic (exact) mass is 665 g/mol. The summed E-state index contributed by atoms with van der Waals surface area (Å²) < 4.78 is 21.7. The quantitative estimate of drug-likeness (QED) is 0.130. The van der Waals surface area contributed by atoms with Crippen molar-refractivity contribution in [2.75, 3.05) is 13.1 Å². The van der Waals surface area contributed by atoms with Crippen molar-refractivity contribution in [2.24, 2.45) is 16.9 Å². The Kier molecular flexibility index (Phi) is 15.3. The number of benzene rings is 1. The zero-order valence-corrected chi connectivity index (χ0v) is 29.3. The Morgan fingerprint density at radius 1 is 0.766 bits per heavy atom. The zero-order valence-electron chi connectivity index (χ0n) is 29.3. The third kappa shape index (κ3) is 17.3. The lowest BCUT2D eigenvalue weighted by molar-refractivity contribution is -0.126. The minimum Gasteiger partial charge on any atom is -0.446 e. The number of nitrogens with one attached hydrogen (secondary N) is 3. The molecule has 3 atom stereocenters. The van der Waals surface area contributed by atoms with Gasteiger partial charge >= 0.3 is 24.4 Å². The van der Waals surface area contributed by atoms with Gasteiger partial charge in [0.25, 0.3) is 0 Å². The molecule has 0 bridgehead atoms. The second-order valence-electron chi connectivity index (χ2n) is 14.5. The van der Waals surface area contributed by atoms with Crippen molar-refractivity contribution in [3.63, 3.8) is 0 Å². The Morgan fingerprint density at radius 2 is 1.34 bits per heavy atom. The van der Waals surface area contributed by atoms with Gasteiger partial charge in [-0.3, -0.25) is 4.79 Å². The van der Waals surface area contributed by atoms with E-state index in [-0.39, 0.29) is 32.4 Å². The molecule has 7 N–H and O–H groups in total. The van der Waals surface area contributed by atoms with Crippen LogP contribution in [0.3, 0.4) is 0 Å². The highest BCUT2D eigenvalue weighted by Gasteiger charge is 2.48. The fourth-order valence-corrected chi connectivity index (χ4v) is 4.75. The number of hydrogen-bond donors (Lipinski definition) is 5. The zero-order chi connectivity index (χ0) is 36.1. The topological polar surface area (TPSA) is 210 Å².